The second-order valence-electron chi connectivity index (χ2n) is 8.26. The zero-order valence-electron chi connectivity index (χ0n) is 17.0. The Balaban J connectivity index is 1.60. The summed E-state index contributed by atoms with van der Waals surface area (Å²) in [6.45, 7) is 2.34. The normalized spacial score (nSPS) is 11.8. The molecule has 0 aromatic heterocycles. The molecule has 6 rings (SSSR count). The largest absolute Gasteiger partial charge is 0.0616 e. The molecule has 0 saturated heterocycles. The van der Waals surface area contributed by atoms with Crippen LogP contribution in [0.3, 0.4) is 0 Å². The summed E-state index contributed by atoms with van der Waals surface area (Å²) in [6, 6.07) is 40.1. The highest BCUT2D eigenvalue weighted by atomic mass is 14.2. The summed E-state index contributed by atoms with van der Waals surface area (Å²) >= 11 is 0. The number of rotatable bonds is 2. The maximum absolute atomic E-state index is 2.36. The quantitative estimate of drug-likeness (QED) is 0.263. The lowest BCUT2D eigenvalue weighted by atomic mass is 9.85. The first-order valence-corrected chi connectivity index (χ1v) is 10.6. The first-order valence-electron chi connectivity index (χ1n) is 10.6. The Morgan fingerprint density at radius 2 is 0.767 bits per heavy atom. The Morgan fingerprint density at radius 3 is 1.20 bits per heavy atom. The fourth-order valence-electron chi connectivity index (χ4n) is 4.90. The smallest absolute Gasteiger partial charge is 0.00733 e. The molecule has 0 heteroatoms. The third-order valence-electron chi connectivity index (χ3n) is 6.49. The number of benzene rings is 6. The summed E-state index contributed by atoms with van der Waals surface area (Å²) < 4.78 is 0. The van der Waals surface area contributed by atoms with Crippen LogP contribution in [0.1, 0.15) is 24.0 Å². The van der Waals surface area contributed by atoms with Gasteiger partial charge < -0.3 is 0 Å². The van der Waals surface area contributed by atoms with Crippen molar-refractivity contribution in [2.45, 2.75) is 12.8 Å². The van der Waals surface area contributed by atoms with Crippen molar-refractivity contribution in [2.75, 3.05) is 0 Å². The van der Waals surface area contributed by atoms with Gasteiger partial charge in [-0.05, 0) is 78.5 Å². The molecule has 142 valence electrons. The summed E-state index contributed by atoms with van der Waals surface area (Å²) in [4.78, 5) is 0. The van der Waals surface area contributed by atoms with Crippen LogP contribution in [0.4, 0.5) is 0 Å². The zero-order chi connectivity index (χ0) is 20.1. The van der Waals surface area contributed by atoms with Gasteiger partial charge in [-0.2, -0.15) is 0 Å². The molecule has 0 aliphatic carbocycles. The third-order valence-corrected chi connectivity index (χ3v) is 6.49. The topological polar surface area (TPSA) is 0 Å². The molecule has 0 unspecified atom stereocenters. The van der Waals surface area contributed by atoms with Crippen LogP contribution < -0.4 is 0 Å². The van der Waals surface area contributed by atoms with E-state index in [9.17, 15) is 0 Å². The molecule has 6 aromatic rings. The Kier molecular flexibility index (Phi) is 3.86. The molecule has 30 heavy (non-hydrogen) atoms. The standard InChI is InChI=1S/C30H22/c1-20(27-14-6-12-25-16-21-8-2-4-10-23(21)18-29(25)27)28-15-7-13-26-17-22-9-3-5-11-24(22)19-30(26)28/h2-20H,1H3. The van der Waals surface area contributed by atoms with Crippen molar-refractivity contribution in [1.29, 1.82) is 0 Å². The SMILES string of the molecule is CC(c1cccc2cc3ccccc3cc12)c1cccc2cc3ccccc3cc12. The van der Waals surface area contributed by atoms with E-state index in [0.29, 0.717) is 5.92 Å². The lowest BCUT2D eigenvalue weighted by Crippen LogP contribution is -1.98. The Bertz CT molecular complexity index is 1440. The van der Waals surface area contributed by atoms with Gasteiger partial charge in [-0.15, -0.1) is 0 Å². The fourth-order valence-corrected chi connectivity index (χ4v) is 4.90. The van der Waals surface area contributed by atoms with Crippen molar-refractivity contribution < 1.29 is 0 Å². The molecule has 0 saturated carbocycles. The van der Waals surface area contributed by atoms with Crippen LogP contribution in [0.5, 0.6) is 0 Å². The zero-order valence-corrected chi connectivity index (χ0v) is 17.0. The number of hydrogen-bond donors (Lipinski definition) is 0. The van der Waals surface area contributed by atoms with E-state index in [-0.39, 0.29) is 0 Å². The number of fused-ring (bicyclic) bond motifs is 4. The molecule has 0 radical (unpaired) electrons. The van der Waals surface area contributed by atoms with Gasteiger partial charge in [0.25, 0.3) is 0 Å². The molecule has 0 heterocycles. The van der Waals surface area contributed by atoms with E-state index < -0.39 is 0 Å². The summed E-state index contributed by atoms with van der Waals surface area (Å²) in [5, 5.41) is 10.5. The first kappa shape index (κ1) is 17.2. The van der Waals surface area contributed by atoms with Gasteiger partial charge in [-0.1, -0.05) is 91.9 Å². The second-order valence-corrected chi connectivity index (χ2v) is 8.26. The summed E-state index contributed by atoms with van der Waals surface area (Å²) in [6.07, 6.45) is 0. The molecule has 0 bridgehead atoms. The Hall–Kier alpha value is -3.64. The molecule has 6 aromatic carbocycles. The van der Waals surface area contributed by atoms with Crippen molar-refractivity contribution in [3.8, 4) is 0 Å². The Morgan fingerprint density at radius 1 is 0.400 bits per heavy atom. The first-order chi connectivity index (χ1) is 14.8. The van der Waals surface area contributed by atoms with Crippen LogP contribution in [0.15, 0.2) is 109 Å². The van der Waals surface area contributed by atoms with Crippen molar-refractivity contribution >= 4 is 43.1 Å². The van der Waals surface area contributed by atoms with Gasteiger partial charge in [0.1, 0.15) is 0 Å². The van der Waals surface area contributed by atoms with Crippen LogP contribution in [-0.4, -0.2) is 0 Å². The van der Waals surface area contributed by atoms with Gasteiger partial charge in [0.05, 0.1) is 0 Å². The van der Waals surface area contributed by atoms with E-state index in [1.165, 1.54) is 54.2 Å². The van der Waals surface area contributed by atoms with Crippen molar-refractivity contribution in [3.63, 3.8) is 0 Å². The third kappa shape index (κ3) is 2.69. The fraction of sp³-hybridized carbons (Fsp3) is 0.0667. The Labute approximate surface area is 176 Å². The highest BCUT2D eigenvalue weighted by Crippen LogP contribution is 2.36. The van der Waals surface area contributed by atoms with E-state index in [2.05, 4.69) is 116 Å². The highest BCUT2D eigenvalue weighted by molar-refractivity contribution is 6.02. The van der Waals surface area contributed by atoms with Gasteiger partial charge >= 0.3 is 0 Å². The van der Waals surface area contributed by atoms with Gasteiger partial charge in [0.2, 0.25) is 0 Å². The minimum atomic E-state index is 0.305. The summed E-state index contributed by atoms with van der Waals surface area (Å²) in [7, 11) is 0. The van der Waals surface area contributed by atoms with E-state index >= 15 is 0 Å². The molecule has 0 aliphatic rings. The van der Waals surface area contributed by atoms with Gasteiger partial charge in [-0.3, -0.25) is 0 Å². The van der Waals surface area contributed by atoms with Crippen molar-refractivity contribution in [1.82, 2.24) is 0 Å². The van der Waals surface area contributed by atoms with Crippen LogP contribution in [0.25, 0.3) is 43.1 Å². The minimum Gasteiger partial charge on any atom is -0.0616 e. The summed E-state index contributed by atoms with van der Waals surface area (Å²) in [5.41, 5.74) is 2.78. The maximum Gasteiger partial charge on any atom is 0.00733 e. The molecule has 0 amide bonds. The van der Waals surface area contributed by atoms with Gasteiger partial charge in [-0.25, -0.2) is 0 Å². The monoisotopic (exact) mass is 382 g/mol. The lowest BCUT2D eigenvalue weighted by molar-refractivity contribution is 0.945. The molecule has 0 N–H and O–H groups in total. The molecular weight excluding hydrogens is 360 g/mol. The number of hydrogen-bond acceptors (Lipinski definition) is 0. The second kappa shape index (κ2) is 6.71. The van der Waals surface area contributed by atoms with Crippen molar-refractivity contribution in [2.24, 2.45) is 0 Å². The van der Waals surface area contributed by atoms with Gasteiger partial charge in [0.15, 0.2) is 0 Å². The lowest BCUT2D eigenvalue weighted by Gasteiger charge is -2.18. The average molecular weight is 383 g/mol. The van der Waals surface area contributed by atoms with E-state index in [1.54, 1.807) is 0 Å². The predicted molar refractivity (Wildman–Crippen MR) is 130 cm³/mol. The van der Waals surface area contributed by atoms with Crippen LogP contribution in [0.2, 0.25) is 0 Å². The molecule has 0 aliphatic heterocycles. The van der Waals surface area contributed by atoms with Crippen LogP contribution in [0, 0.1) is 0 Å². The summed E-state index contributed by atoms with van der Waals surface area (Å²) in [5.74, 6) is 0.305. The van der Waals surface area contributed by atoms with Crippen molar-refractivity contribution in [3.05, 3.63) is 120 Å². The van der Waals surface area contributed by atoms with Gasteiger partial charge in [0, 0.05) is 5.92 Å². The van der Waals surface area contributed by atoms with Crippen LogP contribution >= 0.6 is 0 Å². The predicted octanol–water partition coefficient (Wildman–Crippen LogP) is 8.45. The maximum atomic E-state index is 2.36. The van der Waals surface area contributed by atoms with Crippen LogP contribution in [-0.2, 0) is 0 Å². The highest BCUT2D eigenvalue weighted by Gasteiger charge is 2.15. The molecule has 0 atom stereocenters. The minimum absolute atomic E-state index is 0.305. The van der Waals surface area contributed by atoms with E-state index in [4.69, 9.17) is 0 Å². The van der Waals surface area contributed by atoms with E-state index in [0.717, 1.165) is 0 Å². The van der Waals surface area contributed by atoms with E-state index in [1.807, 2.05) is 0 Å². The average Bonchev–Trinajstić information content (AvgIpc) is 2.80. The molecule has 0 fully saturated rings. The molecular formula is C30H22. The molecule has 0 nitrogen and oxygen atoms in total. The molecule has 0 spiro atoms.